The Morgan fingerprint density at radius 3 is 2.89 bits per heavy atom. The first kappa shape index (κ1) is 13.3. The number of nitrogens with two attached hydrogens (primary N) is 1. The fraction of sp³-hybridized carbons (Fsp3) is 0.0769. The van der Waals surface area contributed by atoms with Gasteiger partial charge in [0.25, 0.3) is 5.91 Å². The Morgan fingerprint density at radius 2 is 2.16 bits per heavy atom. The number of nitrogens with one attached hydrogen (secondary N) is 1. The number of nitrogens with zero attached hydrogens (tertiary/aromatic N) is 1. The summed E-state index contributed by atoms with van der Waals surface area (Å²) >= 11 is 5.87. The van der Waals surface area contributed by atoms with Crippen molar-refractivity contribution in [3.05, 3.63) is 52.6 Å². The number of benzene rings is 1. The molecule has 2 aromatic rings. The van der Waals surface area contributed by atoms with Gasteiger partial charge in [-0.2, -0.15) is 0 Å². The van der Waals surface area contributed by atoms with E-state index in [4.69, 9.17) is 17.3 Å². The Hall–Kier alpha value is -2.14. The van der Waals surface area contributed by atoms with E-state index >= 15 is 0 Å². The van der Waals surface area contributed by atoms with Crippen molar-refractivity contribution in [1.29, 1.82) is 0 Å². The number of hydrogen-bond acceptors (Lipinski definition) is 3. The predicted octanol–water partition coefficient (Wildman–Crippen LogP) is 3.02. The number of carbonyl (C=O) groups is 1. The molecule has 1 aromatic carbocycles. The highest BCUT2D eigenvalue weighted by molar-refractivity contribution is 6.32. The summed E-state index contributed by atoms with van der Waals surface area (Å²) in [6.07, 6.45) is 1.58. The molecular formula is C13H11ClFN3O. The van der Waals surface area contributed by atoms with Gasteiger partial charge < -0.3 is 11.1 Å². The molecule has 0 saturated heterocycles. The summed E-state index contributed by atoms with van der Waals surface area (Å²) in [4.78, 5) is 15.9. The molecule has 1 amide bonds. The summed E-state index contributed by atoms with van der Waals surface area (Å²) in [5.74, 6) is -1.07. The highest BCUT2D eigenvalue weighted by Crippen LogP contribution is 2.22. The first-order valence-electron chi connectivity index (χ1n) is 5.46. The molecule has 0 radical (unpaired) electrons. The van der Waals surface area contributed by atoms with E-state index in [0.29, 0.717) is 5.69 Å². The van der Waals surface area contributed by atoms with Crippen LogP contribution in [0, 0.1) is 12.7 Å². The highest BCUT2D eigenvalue weighted by Gasteiger charge is 2.13. The first-order chi connectivity index (χ1) is 8.97. The molecule has 0 bridgehead atoms. The molecule has 0 atom stereocenters. The van der Waals surface area contributed by atoms with Crippen LogP contribution in [0.4, 0.5) is 15.8 Å². The Labute approximate surface area is 114 Å². The van der Waals surface area contributed by atoms with Crippen molar-refractivity contribution < 1.29 is 9.18 Å². The summed E-state index contributed by atoms with van der Waals surface area (Å²) in [6.45, 7) is 1.82. The van der Waals surface area contributed by atoms with E-state index in [1.54, 1.807) is 12.3 Å². The molecule has 0 fully saturated rings. The molecule has 0 aliphatic carbocycles. The molecule has 19 heavy (non-hydrogen) atoms. The summed E-state index contributed by atoms with van der Waals surface area (Å²) in [7, 11) is 0. The summed E-state index contributed by atoms with van der Waals surface area (Å²) in [6, 6.07) is 5.26. The van der Waals surface area contributed by atoms with Crippen LogP contribution >= 0.6 is 11.6 Å². The quantitative estimate of drug-likeness (QED) is 0.656. The van der Waals surface area contributed by atoms with Gasteiger partial charge in [-0.1, -0.05) is 11.6 Å². The number of carbonyl (C=O) groups excluding carboxylic acids is 1. The molecule has 1 aromatic heterocycles. The fourth-order valence-corrected chi connectivity index (χ4v) is 1.71. The SMILES string of the molecule is Cc1cnc(Cl)c(NC(=O)c2cc(F)ccc2N)c1. The van der Waals surface area contributed by atoms with Gasteiger partial charge in [-0.3, -0.25) is 4.79 Å². The van der Waals surface area contributed by atoms with Gasteiger partial charge in [0.15, 0.2) is 5.15 Å². The number of aromatic nitrogens is 1. The monoisotopic (exact) mass is 279 g/mol. The smallest absolute Gasteiger partial charge is 0.257 e. The second-order valence-electron chi connectivity index (χ2n) is 4.04. The summed E-state index contributed by atoms with van der Waals surface area (Å²) < 4.78 is 13.1. The van der Waals surface area contributed by atoms with Crippen LogP contribution in [0.25, 0.3) is 0 Å². The molecule has 4 nitrogen and oxygen atoms in total. The zero-order chi connectivity index (χ0) is 14.0. The zero-order valence-corrected chi connectivity index (χ0v) is 10.8. The minimum absolute atomic E-state index is 0.0533. The standard InChI is InChI=1S/C13H11ClFN3O/c1-7-4-11(12(14)17-6-7)18-13(19)9-5-8(15)2-3-10(9)16/h2-6H,16H2,1H3,(H,18,19). The average molecular weight is 280 g/mol. The third kappa shape index (κ3) is 3.00. The summed E-state index contributed by atoms with van der Waals surface area (Å²) in [5, 5.41) is 2.72. The molecule has 98 valence electrons. The lowest BCUT2D eigenvalue weighted by Crippen LogP contribution is -2.15. The lowest BCUT2D eigenvalue weighted by atomic mass is 10.1. The van der Waals surface area contributed by atoms with Gasteiger partial charge in [-0.25, -0.2) is 9.37 Å². The topological polar surface area (TPSA) is 68.0 Å². The molecule has 3 N–H and O–H groups in total. The maximum absolute atomic E-state index is 13.1. The molecule has 2 rings (SSSR count). The molecule has 1 heterocycles. The Balaban J connectivity index is 2.30. The Bertz CT molecular complexity index is 646. The van der Waals surface area contributed by atoms with Crippen molar-refractivity contribution in [1.82, 2.24) is 4.98 Å². The van der Waals surface area contributed by atoms with Crippen LogP contribution in [-0.4, -0.2) is 10.9 Å². The molecular weight excluding hydrogens is 269 g/mol. The van der Waals surface area contributed by atoms with E-state index < -0.39 is 11.7 Å². The van der Waals surface area contributed by atoms with Crippen LogP contribution < -0.4 is 11.1 Å². The number of pyridine rings is 1. The largest absolute Gasteiger partial charge is 0.398 e. The van der Waals surface area contributed by atoms with Crippen molar-refractivity contribution in [2.45, 2.75) is 6.92 Å². The number of hydrogen-bond donors (Lipinski definition) is 2. The summed E-state index contributed by atoms with van der Waals surface area (Å²) in [5.41, 5.74) is 7.08. The molecule has 0 unspecified atom stereocenters. The van der Waals surface area contributed by atoms with Gasteiger partial charge in [0.05, 0.1) is 11.3 Å². The van der Waals surface area contributed by atoms with Crippen molar-refractivity contribution in [3.63, 3.8) is 0 Å². The van der Waals surface area contributed by atoms with Gasteiger partial charge in [-0.05, 0) is 36.8 Å². The van der Waals surface area contributed by atoms with Crippen LogP contribution in [0.2, 0.25) is 5.15 Å². The molecule has 0 aliphatic rings. The number of halogens is 2. The Kier molecular flexibility index (Phi) is 3.66. The first-order valence-corrected chi connectivity index (χ1v) is 5.83. The van der Waals surface area contributed by atoms with E-state index in [1.807, 2.05) is 6.92 Å². The number of nitrogen functional groups attached to an aromatic ring is 1. The minimum atomic E-state index is -0.536. The third-order valence-corrected chi connectivity index (χ3v) is 2.79. The van der Waals surface area contributed by atoms with E-state index in [9.17, 15) is 9.18 Å². The maximum Gasteiger partial charge on any atom is 0.257 e. The zero-order valence-electron chi connectivity index (χ0n) is 10.1. The maximum atomic E-state index is 13.1. The second-order valence-corrected chi connectivity index (χ2v) is 4.39. The average Bonchev–Trinajstić information content (AvgIpc) is 2.36. The molecule has 0 saturated carbocycles. The number of anilines is 2. The van der Waals surface area contributed by atoms with Crippen molar-refractivity contribution in [2.75, 3.05) is 11.1 Å². The van der Waals surface area contributed by atoms with E-state index in [1.165, 1.54) is 12.1 Å². The minimum Gasteiger partial charge on any atom is -0.398 e. The van der Waals surface area contributed by atoms with Crippen molar-refractivity contribution >= 4 is 28.9 Å². The lowest BCUT2D eigenvalue weighted by Gasteiger charge is -2.09. The van der Waals surface area contributed by atoms with E-state index in [0.717, 1.165) is 11.6 Å². The van der Waals surface area contributed by atoms with Crippen LogP contribution in [0.15, 0.2) is 30.5 Å². The second kappa shape index (κ2) is 5.24. The Morgan fingerprint density at radius 1 is 1.42 bits per heavy atom. The lowest BCUT2D eigenvalue weighted by molar-refractivity contribution is 0.102. The highest BCUT2D eigenvalue weighted by atomic mass is 35.5. The molecule has 0 spiro atoms. The predicted molar refractivity (Wildman–Crippen MR) is 72.7 cm³/mol. The molecule has 6 heteroatoms. The van der Waals surface area contributed by atoms with Gasteiger partial charge in [0, 0.05) is 11.9 Å². The van der Waals surface area contributed by atoms with E-state index in [2.05, 4.69) is 10.3 Å². The van der Waals surface area contributed by atoms with Gasteiger partial charge >= 0.3 is 0 Å². The van der Waals surface area contributed by atoms with E-state index in [-0.39, 0.29) is 16.4 Å². The van der Waals surface area contributed by atoms with Crippen molar-refractivity contribution in [3.8, 4) is 0 Å². The fourth-order valence-electron chi connectivity index (χ4n) is 1.55. The van der Waals surface area contributed by atoms with Crippen molar-refractivity contribution in [2.24, 2.45) is 0 Å². The van der Waals surface area contributed by atoms with Crippen LogP contribution in [0.5, 0.6) is 0 Å². The normalized spacial score (nSPS) is 10.3. The van der Waals surface area contributed by atoms with Gasteiger partial charge in [0.2, 0.25) is 0 Å². The third-order valence-electron chi connectivity index (χ3n) is 2.48. The molecule has 0 aliphatic heterocycles. The van der Waals surface area contributed by atoms with Gasteiger partial charge in [0.1, 0.15) is 5.82 Å². The number of rotatable bonds is 2. The van der Waals surface area contributed by atoms with Gasteiger partial charge in [-0.15, -0.1) is 0 Å². The van der Waals surface area contributed by atoms with Crippen LogP contribution in [0.1, 0.15) is 15.9 Å². The number of aryl methyl sites for hydroxylation is 1. The van der Waals surface area contributed by atoms with Crippen LogP contribution in [0.3, 0.4) is 0 Å². The number of amides is 1. The van der Waals surface area contributed by atoms with Crippen LogP contribution in [-0.2, 0) is 0 Å².